The van der Waals surface area contributed by atoms with Crippen LogP contribution in [0.1, 0.15) is 33.6 Å². The third-order valence-electron chi connectivity index (χ3n) is 3.00. The van der Waals surface area contributed by atoms with Gasteiger partial charge in [-0.05, 0) is 18.3 Å². The van der Waals surface area contributed by atoms with E-state index in [1.807, 2.05) is 20.8 Å². The van der Waals surface area contributed by atoms with Crippen LogP contribution in [0.15, 0.2) is 0 Å². The SMILES string of the molecule is CC(C)(C)C1NC(=O)CN(C2CC2)C1=O. The molecule has 2 rings (SSSR count). The van der Waals surface area contributed by atoms with Crippen LogP contribution in [-0.2, 0) is 9.59 Å². The van der Waals surface area contributed by atoms with E-state index in [0.717, 1.165) is 12.8 Å². The third-order valence-corrected chi connectivity index (χ3v) is 3.00. The van der Waals surface area contributed by atoms with E-state index in [-0.39, 0.29) is 29.8 Å². The third kappa shape index (κ3) is 1.98. The number of hydrogen-bond acceptors (Lipinski definition) is 2. The number of carbonyl (C=O) groups is 2. The minimum absolute atomic E-state index is 0.0265. The summed E-state index contributed by atoms with van der Waals surface area (Å²) in [5.41, 5.74) is -0.208. The van der Waals surface area contributed by atoms with Crippen LogP contribution in [0.5, 0.6) is 0 Å². The Morgan fingerprint density at radius 1 is 1.27 bits per heavy atom. The van der Waals surface area contributed by atoms with Crippen molar-refractivity contribution in [3.05, 3.63) is 0 Å². The van der Waals surface area contributed by atoms with Gasteiger partial charge in [-0.2, -0.15) is 0 Å². The van der Waals surface area contributed by atoms with Crippen molar-refractivity contribution in [2.24, 2.45) is 5.41 Å². The quantitative estimate of drug-likeness (QED) is 0.686. The molecule has 15 heavy (non-hydrogen) atoms. The van der Waals surface area contributed by atoms with Crippen LogP contribution < -0.4 is 5.32 Å². The molecule has 1 aliphatic carbocycles. The Bertz CT molecular complexity index is 302. The van der Waals surface area contributed by atoms with Crippen molar-refractivity contribution < 1.29 is 9.59 Å². The second-order valence-corrected chi connectivity index (χ2v) is 5.56. The highest BCUT2D eigenvalue weighted by Crippen LogP contribution is 2.31. The van der Waals surface area contributed by atoms with Gasteiger partial charge in [-0.25, -0.2) is 0 Å². The Morgan fingerprint density at radius 3 is 2.33 bits per heavy atom. The summed E-state index contributed by atoms with van der Waals surface area (Å²) in [5.74, 6) is 0.0611. The molecule has 4 heteroatoms. The predicted octanol–water partition coefficient (Wildman–Crippen LogP) is 0.522. The molecule has 84 valence electrons. The molecule has 1 saturated heterocycles. The molecule has 2 aliphatic rings. The van der Waals surface area contributed by atoms with Crippen LogP contribution in [0.2, 0.25) is 0 Å². The van der Waals surface area contributed by atoms with Crippen molar-refractivity contribution >= 4 is 11.8 Å². The maximum Gasteiger partial charge on any atom is 0.246 e. The highest BCUT2D eigenvalue weighted by molar-refractivity contribution is 5.95. The van der Waals surface area contributed by atoms with Gasteiger partial charge in [0.05, 0.1) is 6.54 Å². The zero-order chi connectivity index (χ0) is 11.2. The van der Waals surface area contributed by atoms with Gasteiger partial charge in [-0.1, -0.05) is 20.8 Å². The van der Waals surface area contributed by atoms with Crippen molar-refractivity contribution in [3.8, 4) is 0 Å². The van der Waals surface area contributed by atoms with Gasteiger partial charge in [0.2, 0.25) is 11.8 Å². The second kappa shape index (κ2) is 3.22. The maximum atomic E-state index is 12.1. The molecule has 2 amide bonds. The Labute approximate surface area is 90.0 Å². The molecule has 2 fully saturated rings. The fourth-order valence-corrected chi connectivity index (χ4v) is 1.95. The highest BCUT2D eigenvalue weighted by atomic mass is 16.2. The number of carbonyl (C=O) groups excluding carboxylic acids is 2. The van der Waals surface area contributed by atoms with E-state index in [1.165, 1.54) is 0 Å². The molecule has 1 aliphatic heterocycles. The van der Waals surface area contributed by atoms with Crippen molar-refractivity contribution in [3.63, 3.8) is 0 Å². The van der Waals surface area contributed by atoms with Crippen molar-refractivity contribution in [1.82, 2.24) is 10.2 Å². The molecule has 0 aromatic carbocycles. The molecule has 1 atom stereocenters. The summed E-state index contributed by atoms with van der Waals surface area (Å²) in [6.45, 7) is 6.18. The summed E-state index contributed by atoms with van der Waals surface area (Å²) in [6, 6.07) is -0.0345. The Balaban J connectivity index is 2.17. The lowest BCUT2D eigenvalue weighted by Crippen LogP contribution is -2.62. The summed E-state index contributed by atoms with van der Waals surface area (Å²) in [7, 11) is 0. The monoisotopic (exact) mass is 210 g/mol. The fraction of sp³-hybridized carbons (Fsp3) is 0.818. The smallest absolute Gasteiger partial charge is 0.246 e. The first-order chi connectivity index (χ1) is 6.89. The Kier molecular flexibility index (Phi) is 2.24. The van der Waals surface area contributed by atoms with Gasteiger partial charge >= 0.3 is 0 Å². The standard InChI is InChI=1S/C11H18N2O2/c1-11(2,3)9-10(15)13(7-4-5-7)6-8(14)12-9/h7,9H,4-6H2,1-3H3,(H,12,14). The second-order valence-electron chi connectivity index (χ2n) is 5.56. The predicted molar refractivity (Wildman–Crippen MR) is 56.1 cm³/mol. The zero-order valence-electron chi connectivity index (χ0n) is 9.54. The van der Waals surface area contributed by atoms with E-state index in [9.17, 15) is 9.59 Å². The number of hydrogen-bond donors (Lipinski definition) is 1. The first kappa shape index (κ1) is 10.5. The minimum Gasteiger partial charge on any atom is -0.342 e. The highest BCUT2D eigenvalue weighted by Gasteiger charge is 2.44. The van der Waals surface area contributed by atoms with Crippen LogP contribution in [0.3, 0.4) is 0 Å². The van der Waals surface area contributed by atoms with Crippen LogP contribution in [0, 0.1) is 5.41 Å². The summed E-state index contributed by atoms with van der Waals surface area (Å²) in [4.78, 5) is 25.4. The number of amides is 2. The molecular weight excluding hydrogens is 192 g/mol. The zero-order valence-corrected chi connectivity index (χ0v) is 9.54. The van der Waals surface area contributed by atoms with E-state index in [4.69, 9.17) is 0 Å². The van der Waals surface area contributed by atoms with E-state index in [0.29, 0.717) is 6.04 Å². The Morgan fingerprint density at radius 2 is 1.87 bits per heavy atom. The molecule has 4 nitrogen and oxygen atoms in total. The Hall–Kier alpha value is -1.06. The van der Waals surface area contributed by atoms with E-state index < -0.39 is 0 Å². The maximum absolute atomic E-state index is 12.1. The minimum atomic E-state index is -0.362. The lowest BCUT2D eigenvalue weighted by atomic mass is 9.85. The van der Waals surface area contributed by atoms with Crippen LogP contribution in [0.4, 0.5) is 0 Å². The van der Waals surface area contributed by atoms with Crippen LogP contribution in [-0.4, -0.2) is 35.3 Å². The first-order valence-corrected chi connectivity index (χ1v) is 5.49. The van der Waals surface area contributed by atoms with Gasteiger partial charge < -0.3 is 10.2 Å². The molecule has 1 N–H and O–H groups in total. The van der Waals surface area contributed by atoms with Gasteiger partial charge in [0.15, 0.2) is 0 Å². The van der Waals surface area contributed by atoms with Gasteiger partial charge in [-0.15, -0.1) is 0 Å². The number of rotatable bonds is 1. The molecule has 1 saturated carbocycles. The summed E-state index contributed by atoms with van der Waals surface area (Å²) in [6.07, 6.45) is 2.10. The van der Waals surface area contributed by atoms with Crippen molar-refractivity contribution in [1.29, 1.82) is 0 Å². The average molecular weight is 210 g/mol. The molecule has 0 radical (unpaired) electrons. The average Bonchev–Trinajstić information content (AvgIpc) is 2.89. The van der Waals surface area contributed by atoms with Crippen LogP contribution >= 0.6 is 0 Å². The van der Waals surface area contributed by atoms with E-state index >= 15 is 0 Å². The van der Waals surface area contributed by atoms with E-state index in [1.54, 1.807) is 4.90 Å². The first-order valence-electron chi connectivity index (χ1n) is 5.49. The molecule has 0 bridgehead atoms. The normalized spacial score (nSPS) is 27.9. The summed E-state index contributed by atoms with van der Waals surface area (Å²) in [5, 5.41) is 2.79. The van der Waals surface area contributed by atoms with E-state index in [2.05, 4.69) is 5.32 Å². The molecule has 0 spiro atoms. The topological polar surface area (TPSA) is 49.4 Å². The van der Waals surface area contributed by atoms with Crippen molar-refractivity contribution in [2.75, 3.05) is 6.54 Å². The largest absolute Gasteiger partial charge is 0.342 e. The van der Waals surface area contributed by atoms with Crippen molar-refractivity contribution in [2.45, 2.75) is 45.7 Å². The molecule has 1 unspecified atom stereocenters. The lowest BCUT2D eigenvalue weighted by molar-refractivity contribution is -0.147. The lowest BCUT2D eigenvalue weighted by Gasteiger charge is -2.39. The number of nitrogens with one attached hydrogen (secondary N) is 1. The molecule has 0 aromatic rings. The van der Waals surface area contributed by atoms with Gasteiger partial charge in [0, 0.05) is 6.04 Å². The molecule has 1 heterocycles. The number of piperazine rings is 1. The fourth-order valence-electron chi connectivity index (χ4n) is 1.95. The molecule has 0 aromatic heterocycles. The summed E-state index contributed by atoms with van der Waals surface area (Å²) < 4.78 is 0. The van der Waals surface area contributed by atoms with Gasteiger partial charge in [0.1, 0.15) is 6.04 Å². The van der Waals surface area contributed by atoms with Gasteiger partial charge in [-0.3, -0.25) is 9.59 Å². The molecular formula is C11H18N2O2. The number of nitrogens with zero attached hydrogens (tertiary/aromatic N) is 1. The summed E-state index contributed by atoms with van der Waals surface area (Å²) >= 11 is 0. The van der Waals surface area contributed by atoms with Crippen LogP contribution in [0.25, 0.3) is 0 Å². The van der Waals surface area contributed by atoms with Gasteiger partial charge in [0.25, 0.3) is 0 Å².